The Balaban J connectivity index is 0.000000126. The molecule has 0 N–H and O–H groups in total. The summed E-state index contributed by atoms with van der Waals surface area (Å²) in [5.41, 5.74) is 23.2. The second-order valence-electron chi connectivity index (χ2n) is 20.4. The van der Waals surface area contributed by atoms with Crippen molar-refractivity contribution >= 4 is 87.5 Å². The first-order valence-corrected chi connectivity index (χ1v) is 29.3. The lowest BCUT2D eigenvalue weighted by molar-refractivity contribution is 0.768. The third-order valence-electron chi connectivity index (χ3n) is 16.2. The summed E-state index contributed by atoms with van der Waals surface area (Å²) >= 11 is 9.61. The number of halogens is 3. The zero-order valence-corrected chi connectivity index (χ0v) is 48.6. The molecule has 3 aliphatic carbocycles. The first-order chi connectivity index (χ1) is 38.8. The molecule has 1 heterocycles. The predicted octanol–water partition coefficient (Wildman–Crippen LogP) is 20.7. The molecule has 0 unspecified atom stereocenters. The monoisotopic (exact) mass is 1250 g/mol. The highest BCUT2D eigenvalue weighted by Crippen LogP contribution is 2.58. The maximum absolute atomic E-state index is 4.80. The van der Waals surface area contributed by atoms with Crippen LogP contribution in [0.25, 0.3) is 55.3 Å². The van der Waals surface area contributed by atoms with E-state index in [1.165, 1.54) is 96.7 Å². The Morgan fingerprint density at radius 3 is 1.52 bits per heavy atom. The van der Waals surface area contributed by atoms with Crippen LogP contribution in [0.1, 0.15) is 55.6 Å². The van der Waals surface area contributed by atoms with Crippen LogP contribution in [0.15, 0.2) is 307 Å². The third-order valence-corrected chi connectivity index (χ3v) is 17.9. The Bertz CT molecular complexity index is 4270. The first kappa shape index (κ1) is 50.6. The molecule has 0 atom stereocenters. The first-order valence-electron chi connectivity index (χ1n) is 26.6. The number of para-hydroxylation sites is 1. The molecule has 0 spiro atoms. The van der Waals surface area contributed by atoms with Gasteiger partial charge in [0.15, 0.2) is 0 Å². The Morgan fingerprint density at radius 1 is 0.405 bits per heavy atom. The van der Waals surface area contributed by atoms with Crippen LogP contribution in [0.4, 0.5) is 0 Å². The van der Waals surface area contributed by atoms with Crippen molar-refractivity contribution in [3.05, 3.63) is 366 Å². The van der Waals surface area contributed by atoms with Crippen molar-refractivity contribution in [2.24, 2.45) is 0 Å². The van der Waals surface area contributed by atoms with Crippen molar-refractivity contribution in [3.8, 4) is 22.3 Å². The summed E-state index contributed by atoms with van der Waals surface area (Å²) in [5.74, 6) is 0. The average Bonchev–Trinajstić information content (AvgIpc) is 4.03. The van der Waals surface area contributed by atoms with E-state index >= 15 is 0 Å². The van der Waals surface area contributed by atoms with Crippen LogP contribution in [0.2, 0.25) is 0 Å². The molecule has 0 saturated carbocycles. The largest absolute Gasteiger partial charge is 0.310 e. The summed E-state index contributed by atoms with van der Waals surface area (Å²) in [6.07, 6.45) is 3.30. The van der Waals surface area contributed by atoms with Gasteiger partial charge >= 0.3 is 0 Å². The minimum atomic E-state index is -0.491. The Kier molecular flexibility index (Phi) is 13.5. The van der Waals surface area contributed by atoms with Gasteiger partial charge in [0.25, 0.3) is 0 Å². The van der Waals surface area contributed by atoms with E-state index in [9.17, 15) is 0 Å². The van der Waals surface area contributed by atoms with E-state index in [4.69, 9.17) is 6.58 Å². The second-order valence-corrected chi connectivity index (χ2v) is 23.5. The zero-order valence-electron chi connectivity index (χ0n) is 43.3. The quantitative estimate of drug-likeness (QED) is 0.146. The van der Waals surface area contributed by atoms with Gasteiger partial charge in [-0.25, -0.2) is 0 Å². The van der Waals surface area contributed by atoms with Crippen molar-refractivity contribution in [1.82, 2.24) is 4.57 Å². The van der Waals surface area contributed by atoms with E-state index < -0.39 is 5.41 Å². The van der Waals surface area contributed by atoms with Gasteiger partial charge in [-0.2, -0.15) is 0 Å². The number of allylic oxidation sites excluding steroid dienone is 4. The van der Waals surface area contributed by atoms with Gasteiger partial charge in [-0.05, 0) is 167 Å². The van der Waals surface area contributed by atoms with Gasteiger partial charge in [-0.15, -0.1) is 0 Å². The highest BCUT2D eigenvalue weighted by atomic mass is 127. The Hall–Kier alpha value is -7.87. The van der Waals surface area contributed by atoms with E-state index in [0.717, 1.165) is 38.8 Å². The fourth-order valence-corrected chi connectivity index (χ4v) is 14.2. The molecule has 3 aliphatic rings. The number of nitrogens with zero attached hydrogens (tertiary/aromatic N) is 1. The topological polar surface area (TPSA) is 4.93 Å². The predicted molar refractivity (Wildman–Crippen MR) is 348 cm³/mol. The molecule has 15 rings (SSSR count). The standard InChI is InChI=1S/C37H26BrN.C25H17I.C13H9Br/c1-25(39-35-20-12-10-18-31(35)32-22-21-29(38)24-36(32)39)23-33-26(2)37(27-13-5-3-6-14-27,28-15-7-4-8-16-28)34-19-11-9-17-30(33)34;26-20-15-16-24-22(17-20)21-13-7-8-14-23(21)25(24,18-9-3-1-4-10-18)19-11-5-2-6-12-19;14-11-5-6-13-10(8-11)7-9-3-1-2-4-12(9)13/h3-24H,1-2H2;1-17H;1-6,8H,7H2/b33-23+;;. The molecule has 0 saturated heterocycles. The van der Waals surface area contributed by atoms with Crippen LogP contribution >= 0.6 is 54.5 Å². The van der Waals surface area contributed by atoms with Gasteiger partial charge < -0.3 is 4.57 Å². The van der Waals surface area contributed by atoms with Crippen molar-refractivity contribution < 1.29 is 0 Å². The lowest BCUT2D eigenvalue weighted by Gasteiger charge is -2.33. The molecule has 0 bridgehead atoms. The van der Waals surface area contributed by atoms with Gasteiger partial charge in [0, 0.05) is 29.0 Å². The van der Waals surface area contributed by atoms with Crippen LogP contribution in [0.3, 0.4) is 0 Å². The van der Waals surface area contributed by atoms with E-state index in [1.54, 1.807) is 0 Å². The van der Waals surface area contributed by atoms with Crippen LogP contribution in [-0.4, -0.2) is 4.57 Å². The normalized spacial score (nSPS) is 14.3. The summed E-state index contributed by atoms with van der Waals surface area (Å²) in [5, 5.41) is 2.43. The number of benzene rings is 11. The minimum Gasteiger partial charge on any atom is -0.310 e. The molecule has 4 heteroatoms. The van der Waals surface area contributed by atoms with Gasteiger partial charge in [0.1, 0.15) is 0 Å². The van der Waals surface area contributed by atoms with Crippen molar-refractivity contribution in [2.75, 3.05) is 0 Å². The van der Waals surface area contributed by atoms with Crippen LogP contribution in [-0.2, 0) is 17.3 Å². The van der Waals surface area contributed by atoms with E-state index in [-0.39, 0.29) is 5.41 Å². The molecule has 378 valence electrons. The molecule has 0 radical (unpaired) electrons. The highest BCUT2D eigenvalue weighted by Gasteiger charge is 2.48. The Morgan fingerprint density at radius 2 is 0.873 bits per heavy atom. The molecule has 1 nitrogen and oxygen atoms in total. The summed E-state index contributed by atoms with van der Waals surface area (Å²) in [4.78, 5) is 0. The maximum Gasteiger partial charge on any atom is 0.0713 e. The molecule has 0 fully saturated rings. The molecule has 0 amide bonds. The lowest BCUT2D eigenvalue weighted by Crippen LogP contribution is -2.28. The van der Waals surface area contributed by atoms with Crippen LogP contribution < -0.4 is 0 Å². The molecule has 1 aromatic heterocycles. The fourth-order valence-electron chi connectivity index (χ4n) is 13.0. The van der Waals surface area contributed by atoms with Gasteiger partial charge in [-0.1, -0.05) is 276 Å². The van der Waals surface area contributed by atoms with Crippen molar-refractivity contribution in [1.29, 1.82) is 0 Å². The number of rotatable bonds is 6. The Labute approximate surface area is 493 Å². The van der Waals surface area contributed by atoms with Crippen LogP contribution in [0, 0.1) is 3.57 Å². The van der Waals surface area contributed by atoms with E-state index in [0.29, 0.717) is 0 Å². The fraction of sp³-hybridized carbons (Fsp3) is 0.0400. The highest BCUT2D eigenvalue weighted by molar-refractivity contribution is 14.1. The third kappa shape index (κ3) is 8.55. The average molecular weight is 1250 g/mol. The molecule has 79 heavy (non-hydrogen) atoms. The second kappa shape index (κ2) is 21.1. The van der Waals surface area contributed by atoms with Gasteiger partial charge in [0.2, 0.25) is 0 Å². The van der Waals surface area contributed by atoms with Gasteiger partial charge in [-0.3, -0.25) is 0 Å². The smallest absolute Gasteiger partial charge is 0.0713 e. The summed E-state index contributed by atoms with van der Waals surface area (Å²) in [6, 6.07) is 97.9. The number of fused-ring (bicyclic) bond motifs is 10. The van der Waals surface area contributed by atoms with E-state index in [2.05, 4.69) is 345 Å². The van der Waals surface area contributed by atoms with Gasteiger partial charge in [0.05, 0.1) is 21.9 Å². The SMILES string of the molecule is Brc1ccc2c(c1)Cc1ccccc1-2.C=C(/C=C1\C(=C)C(c2ccccc2)(c2ccccc2)c2ccccc21)n1c2ccccc2c2ccc(Br)cc21.Ic1ccc2c(c1)-c1ccccc1C2(c1ccccc1)c1ccccc1. The lowest BCUT2D eigenvalue weighted by atomic mass is 9.68. The van der Waals surface area contributed by atoms with Crippen molar-refractivity contribution in [2.45, 2.75) is 17.3 Å². The molecule has 11 aromatic carbocycles. The number of hydrogen-bond donors (Lipinski definition) is 0. The molecule has 12 aromatic rings. The summed E-state index contributed by atoms with van der Waals surface area (Å²) in [6.45, 7) is 9.43. The zero-order chi connectivity index (χ0) is 53.7. The summed E-state index contributed by atoms with van der Waals surface area (Å²) < 4.78 is 5.75. The molecular formula is C75H52Br2IN. The summed E-state index contributed by atoms with van der Waals surface area (Å²) in [7, 11) is 0. The molecule has 0 aliphatic heterocycles. The maximum atomic E-state index is 4.80. The minimum absolute atomic E-state index is 0.265. The number of hydrogen-bond acceptors (Lipinski definition) is 0. The van der Waals surface area contributed by atoms with E-state index in [1.807, 2.05) is 0 Å². The van der Waals surface area contributed by atoms with Crippen LogP contribution in [0.5, 0.6) is 0 Å². The number of aromatic nitrogens is 1. The molecular weight excluding hydrogens is 1200 g/mol. The van der Waals surface area contributed by atoms with Crippen molar-refractivity contribution in [3.63, 3.8) is 0 Å².